The molecule has 6 nitrogen and oxygen atoms in total. The van der Waals surface area contributed by atoms with Crippen LogP contribution >= 0.6 is 0 Å². The van der Waals surface area contributed by atoms with Gasteiger partial charge < -0.3 is 15.1 Å². The summed E-state index contributed by atoms with van der Waals surface area (Å²) < 4.78 is 0. The Morgan fingerprint density at radius 2 is 1.79 bits per heavy atom. The predicted molar refractivity (Wildman–Crippen MR) is 113 cm³/mol. The van der Waals surface area contributed by atoms with Crippen LogP contribution in [0.1, 0.15) is 39.9 Å². The first-order chi connectivity index (χ1) is 13.8. The van der Waals surface area contributed by atoms with E-state index in [0.717, 1.165) is 35.3 Å². The third-order valence-electron chi connectivity index (χ3n) is 5.19. The normalized spacial score (nSPS) is 13.5. The SMILES string of the molecule is Cc1cccc(C)c1NC(=O)CN(C)C(=O)c1cccc(CN2CCCC2=O)c1. The molecule has 0 saturated carbocycles. The van der Waals surface area contributed by atoms with E-state index >= 15 is 0 Å². The number of rotatable bonds is 6. The van der Waals surface area contributed by atoms with Gasteiger partial charge in [-0.15, -0.1) is 0 Å². The maximum atomic E-state index is 12.8. The molecule has 0 radical (unpaired) electrons. The van der Waals surface area contributed by atoms with Gasteiger partial charge in [-0.1, -0.05) is 30.3 Å². The van der Waals surface area contributed by atoms with Crippen LogP contribution in [-0.4, -0.2) is 47.7 Å². The maximum Gasteiger partial charge on any atom is 0.254 e. The predicted octanol–water partition coefficient (Wildman–Crippen LogP) is 3.14. The van der Waals surface area contributed by atoms with Crippen molar-refractivity contribution < 1.29 is 14.4 Å². The van der Waals surface area contributed by atoms with E-state index in [1.807, 2.05) is 49.1 Å². The number of nitrogens with zero attached hydrogens (tertiary/aromatic N) is 2. The zero-order chi connectivity index (χ0) is 21.0. The van der Waals surface area contributed by atoms with Crippen molar-refractivity contribution in [3.8, 4) is 0 Å². The van der Waals surface area contributed by atoms with Crippen LogP contribution < -0.4 is 5.32 Å². The summed E-state index contributed by atoms with van der Waals surface area (Å²) in [5.74, 6) is -0.310. The van der Waals surface area contributed by atoms with E-state index in [9.17, 15) is 14.4 Å². The van der Waals surface area contributed by atoms with Crippen molar-refractivity contribution in [2.24, 2.45) is 0 Å². The Hall–Kier alpha value is -3.15. The molecule has 29 heavy (non-hydrogen) atoms. The number of para-hydroxylation sites is 1. The number of hydrogen-bond donors (Lipinski definition) is 1. The molecule has 2 aromatic carbocycles. The summed E-state index contributed by atoms with van der Waals surface area (Å²) in [4.78, 5) is 40.3. The van der Waals surface area contributed by atoms with Gasteiger partial charge in [0.1, 0.15) is 0 Å². The van der Waals surface area contributed by atoms with Crippen LogP contribution in [0.25, 0.3) is 0 Å². The first-order valence-corrected chi connectivity index (χ1v) is 9.83. The largest absolute Gasteiger partial charge is 0.338 e. The van der Waals surface area contributed by atoms with E-state index in [1.54, 1.807) is 19.2 Å². The fourth-order valence-corrected chi connectivity index (χ4v) is 3.59. The summed E-state index contributed by atoms with van der Waals surface area (Å²) >= 11 is 0. The lowest BCUT2D eigenvalue weighted by molar-refractivity contribution is -0.128. The monoisotopic (exact) mass is 393 g/mol. The van der Waals surface area contributed by atoms with Crippen LogP contribution in [0, 0.1) is 13.8 Å². The average Bonchev–Trinajstić information content (AvgIpc) is 3.09. The fourth-order valence-electron chi connectivity index (χ4n) is 3.59. The van der Waals surface area contributed by atoms with Crippen molar-refractivity contribution in [2.75, 3.05) is 25.5 Å². The van der Waals surface area contributed by atoms with Crippen LogP contribution in [0.4, 0.5) is 5.69 Å². The fraction of sp³-hybridized carbons (Fsp3) is 0.348. The lowest BCUT2D eigenvalue weighted by Gasteiger charge is -2.19. The lowest BCUT2D eigenvalue weighted by Crippen LogP contribution is -2.35. The van der Waals surface area contributed by atoms with Crippen LogP contribution in [0.2, 0.25) is 0 Å². The minimum absolute atomic E-state index is 0.0402. The molecular formula is C23H27N3O3. The van der Waals surface area contributed by atoms with Crippen LogP contribution in [0.5, 0.6) is 0 Å². The Bertz CT molecular complexity index is 918. The van der Waals surface area contributed by atoms with E-state index in [-0.39, 0.29) is 24.3 Å². The second-order valence-electron chi connectivity index (χ2n) is 7.60. The summed E-state index contributed by atoms with van der Waals surface area (Å²) in [6, 6.07) is 13.1. The number of likely N-dealkylation sites (N-methyl/N-ethyl adjacent to an activating group) is 1. The highest BCUT2D eigenvalue weighted by molar-refractivity contribution is 5.99. The van der Waals surface area contributed by atoms with Gasteiger partial charge in [0, 0.05) is 37.8 Å². The molecule has 0 aromatic heterocycles. The zero-order valence-electron chi connectivity index (χ0n) is 17.2. The Labute approximate surface area is 171 Å². The highest BCUT2D eigenvalue weighted by Gasteiger charge is 2.21. The Balaban J connectivity index is 1.63. The van der Waals surface area contributed by atoms with Crippen LogP contribution in [0.15, 0.2) is 42.5 Å². The van der Waals surface area contributed by atoms with Gasteiger partial charge in [-0.05, 0) is 49.1 Å². The summed E-state index contributed by atoms with van der Waals surface area (Å²) in [7, 11) is 1.61. The number of carbonyl (C=O) groups is 3. The van der Waals surface area contributed by atoms with E-state index < -0.39 is 0 Å². The second-order valence-corrected chi connectivity index (χ2v) is 7.60. The van der Waals surface area contributed by atoms with Gasteiger partial charge >= 0.3 is 0 Å². The van der Waals surface area contributed by atoms with Crippen molar-refractivity contribution in [1.29, 1.82) is 0 Å². The van der Waals surface area contributed by atoms with Crippen LogP contribution in [0.3, 0.4) is 0 Å². The molecule has 6 heteroatoms. The molecule has 1 saturated heterocycles. The average molecular weight is 393 g/mol. The lowest BCUT2D eigenvalue weighted by atomic mass is 10.1. The van der Waals surface area contributed by atoms with Gasteiger partial charge in [0.05, 0.1) is 6.54 Å². The smallest absolute Gasteiger partial charge is 0.254 e. The molecule has 0 atom stereocenters. The third kappa shape index (κ3) is 5.02. The number of benzene rings is 2. The van der Waals surface area contributed by atoms with Crippen molar-refractivity contribution in [3.05, 3.63) is 64.7 Å². The molecule has 0 aliphatic carbocycles. The first kappa shape index (κ1) is 20.6. The minimum Gasteiger partial charge on any atom is -0.338 e. The second kappa shape index (κ2) is 8.90. The number of aryl methyl sites for hydroxylation is 2. The molecule has 3 amide bonds. The van der Waals surface area contributed by atoms with Crippen molar-refractivity contribution >= 4 is 23.4 Å². The highest BCUT2D eigenvalue weighted by Crippen LogP contribution is 2.19. The van der Waals surface area contributed by atoms with Gasteiger partial charge in [0.25, 0.3) is 5.91 Å². The van der Waals surface area contributed by atoms with E-state index in [2.05, 4.69) is 5.32 Å². The molecular weight excluding hydrogens is 366 g/mol. The maximum absolute atomic E-state index is 12.8. The van der Waals surface area contributed by atoms with E-state index in [4.69, 9.17) is 0 Å². The van der Waals surface area contributed by atoms with Gasteiger partial charge in [-0.3, -0.25) is 14.4 Å². The molecule has 0 spiro atoms. The number of nitrogens with one attached hydrogen (secondary N) is 1. The molecule has 1 aliphatic heterocycles. The summed E-state index contributed by atoms with van der Waals surface area (Å²) in [6.45, 7) is 5.11. The summed E-state index contributed by atoms with van der Waals surface area (Å²) in [6.07, 6.45) is 1.48. The quantitative estimate of drug-likeness (QED) is 0.820. The summed E-state index contributed by atoms with van der Waals surface area (Å²) in [5, 5.41) is 2.90. The number of amides is 3. The Morgan fingerprint density at radius 1 is 1.10 bits per heavy atom. The molecule has 1 fully saturated rings. The van der Waals surface area contributed by atoms with Gasteiger partial charge in [-0.25, -0.2) is 0 Å². The highest BCUT2D eigenvalue weighted by atomic mass is 16.2. The zero-order valence-corrected chi connectivity index (χ0v) is 17.2. The molecule has 0 bridgehead atoms. The topological polar surface area (TPSA) is 69.7 Å². The van der Waals surface area contributed by atoms with Gasteiger partial charge in [0.15, 0.2) is 0 Å². The van der Waals surface area contributed by atoms with Gasteiger partial charge in [0.2, 0.25) is 11.8 Å². The van der Waals surface area contributed by atoms with Crippen LogP contribution in [-0.2, 0) is 16.1 Å². The Kier molecular flexibility index (Phi) is 6.32. The number of likely N-dealkylation sites (tertiary alicyclic amines) is 1. The molecule has 1 N–H and O–H groups in total. The third-order valence-corrected chi connectivity index (χ3v) is 5.19. The molecule has 1 heterocycles. The Morgan fingerprint density at radius 3 is 2.45 bits per heavy atom. The van der Waals surface area contributed by atoms with Crippen molar-refractivity contribution in [2.45, 2.75) is 33.2 Å². The van der Waals surface area contributed by atoms with E-state index in [0.29, 0.717) is 18.5 Å². The van der Waals surface area contributed by atoms with Crippen molar-refractivity contribution in [1.82, 2.24) is 9.80 Å². The number of carbonyl (C=O) groups excluding carboxylic acids is 3. The molecule has 1 aliphatic rings. The van der Waals surface area contributed by atoms with Gasteiger partial charge in [-0.2, -0.15) is 0 Å². The van der Waals surface area contributed by atoms with E-state index in [1.165, 1.54) is 4.90 Å². The molecule has 2 aromatic rings. The number of anilines is 1. The minimum atomic E-state index is -0.239. The molecule has 0 unspecified atom stereocenters. The molecule has 3 rings (SSSR count). The number of hydrogen-bond acceptors (Lipinski definition) is 3. The summed E-state index contributed by atoms with van der Waals surface area (Å²) in [5.41, 5.74) is 4.18. The standard InChI is InChI=1S/C23H27N3O3/c1-16-7-4-8-17(2)22(16)24-20(27)15-25(3)23(29)19-10-5-9-18(13-19)14-26-12-6-11-21(26)28/h4-5,7-10,13H,6,11-12,14-15H2,1-3H3,(H,24,27). The first-order valence-electron chi connectivity index (χ1n) is 9.83. The molecule has 152 valence electrons. The van der Waals surface area contributed by atoms with Crippen molar-refractivity contribution in [3.63, 3.8) is 0 Å².